The average molecular weight is 581 g/mol. The number of phenolic OH excluding ortho intramolecular Hbond substituents is 1. The van der Waals surface area contributed by atoms with Crippen molar-refractivity contribution in [2.24, 2.45) is 0 Å². The number of pyridine rings is 1. The number of aromatic hydroxyl groups is 1. The molecule has 11 heteroatoms. The molecule has 10 nitrogen and oxygen atoms in total. The second-order valence-electron chi connectivity index (χ2n) is 11.0. The van der Waals surface area contributed by atoms with Gasteiger partial charge in [0.25, 0.3) is 0 Å². The maximum absolute atomic E-state index is 13.8. The highest BCUT2D eigenvalue weighted by molar-refractivity contribution is 7.91. The molecule has 1 fully saturated rings. The summed E-state index contributed by atoms with van der Waals surface area (Å²) in [4.78, 5) is 34.2. The van der Waals surface area contributed by atoms with E-state index in [0.717, 1.165) is 17.3 Å². The topological polar surface area (TPSA) is 129 Å². The second kappa shape index (κ2) is 12.2. The van der Waals surface area contributed by atoms with Gasteiger partial charge in [-0.1, -0.05) is 24.3 Å². The smallest absolute Gasteiger partial charge is 0.408 e. The Bertz CT molecular complexity index is 1500. The summed E-state index contributed by atoms with van der Waals surface area (Å²) in [7, 11) is -4.09. The van der Waals surface area contributed by atoms with Crippen LogP contribution in [-0.2, 0) is 25.8 Å². The van der Waals surface area contributed by atoms with Crippen LogP contribution in [0.4, 0.5) is 10.5 Å². The van der Waals surface area contributed by atoms with Crippen molar-refractivity contribution in [3.8, 4) is 5.75 Å². The Kier molecular flexibility index (Phi) is 8.86. The average Bonchev–Trinajstić information content (AvgIpc) is 2.93. The molecule has 1 atom stereocenters. The van der Waals surface area contributed by atoms with Gasteiger partial charge in [0.05, 0.1) is 9.79 Å². The Morgan fingerprint density at radius 3 is 2.39 bits per heavy atom. The Morgan fingerprint density at radius 2 is 1.76 bits per heavy atom. The van der Waals surface area contributed by atoms with Gasteiger partial charge in [0.15, 0.2) is 0 Å². The molecule has 218 valence electrons. The van der Waals surface area contributed by atoms with Crippen molar-refractivity contribution in [1.29, 1.82) is 0 Å². The third-order valence-electron chi connectivity index (χ3n) is 6.75. The van der Waals surface area contributed by atoms with E-state index in [4.69, 9.17) is 4.74 Å². The number of rotatable bonds is 7. The number of benzene rings is 2. The molecule has 0 radical (unpaired) electrons. The van der Waals surface area contributed by atoms with Gasteiger partial charge >= 0.3 is 6.09 Å². The summed E-state index contributed by atoms with van der Waals surface area (Å²) < 4.78 is 32.4. The first-order valence-electron chi connectivity index (χ1n) is 13.4. The first kappa shape index (κ1) is 29.9. The number of hydrogen-bond acceptors (Lipinski definition) is 8. The van der Waals surface area contributed by atoms with Gasteiger partial charge in [-0.05, 0) is 69.2 Å². The number of hydrogen-bond donors (Lipinski definition) is 2. The number of aryl methyl sites for hydroxylation is 1. The molecule has 1 aliphatic rings. The predicted molar refractivity (Wildman–Crippen MR) is 155 cm³/mol. The summed E-state index contributed by atoms with van der Waals surface area (Å²) in [5, 5.41) is 12.8. The fourth-order valence-electron chi connectivity index (χ4n) is 4.77. The Hall–Kier alpha value is -4.12. The van der Waals surface area contributed by atoms with E-state index in [9.17, 15) is 23.1 Å². The number of aromatic nitrogens is 1. The highest BCUT2D eigenvalue weighted by Crippen LogP contribution is 2.29. The van der Waals surface area contributed by atoms with E-state index in [2.05, 4.69) is 21.3 Å². The van der Waals surface area contributed by atoms with Gasteiger partial charge in [0, 0.05) is 50.7 Å². The number of carbonyl (C=O) groups is 2. The maximum atomic E-state index is 13.8. The first-order chi connectivity index (χ1) is 19.3. The summed E-state index contributed by atoms with van der Waals surface area (Å²) in [5.41, 5.74) is 1.72. The van der Waals surface area contributed by atoms with Crippen LogP contribution in [0.3, 0.4) is 0 Å². The van der Waals surface area contributed by atoms with Crippen LogP contribution in [0, 0.1) is 6.92 Å². The van der Waals surface area contributed by atoms with E-state index in [1.54, 1.807) is 25.7 Å². The number of carbonyl (C=O) groups excluding carboxylic acids is 2. The molecule has 2 heterocycles. The van der Waals surface area contributed by atoms with Gasteiger partial charge in [-0.3, -0.25) is 9.78 Å². The fourth-order valence-corrected chi connectivity index (χ4v) is 6.25. The van der Waals surface area contributed by atoms with Crippen LogP contribution in [0.2, 0.25) is 0 Å². The van der Waals surface area contributed by atoms with E-state index >= 15 is 0 Å². The molecule has 1 unspecified atom stereocenters. The number of sulfone groups is 1. The van der Waals surface area contributed by atoms with Crippen molar-refractivity contribution in [1.82, 2.24) is 15.2 Å². The van der Waals surface area contributed by atoms with Gasteiger partial charge in [-0.2, -0.15) is 0 Å². The number of phenols is 1. The highest BCUT2D eigenvalue weighted by Gasteiger charge is 2.33. The van der Waals surface area contributed by atoms with Crippen molar-refractivity contribution in [3.05, 3.63) is 78.1 Å². The van der Waals surface area contributed by atoms with E-state index in [1.807, 2.05) is 25.1 Å². The number of piperazine rings is 1. The summed E-state index contributed by atoms with van der Waals surface area (Å²) in [6.07, 6.45) is 1.76. The molecule has 0 aliphatic carbocycles. The summed E-state index contributed by atoms with van der Waals surface area (Å²) in [6.45, 7) is 9.26. The number of nitrogens with one attached hydrogen (secondary N) is 1. The zero-order chi connectivity index (χ0) is 29.8. The van der Waals surface area contributed by atoms with Crippen LogP contribution in [0.25, 0.3) is 0 Å². The van der Waals surface area contributed by atoms with Gasteiger partial charge in [-0.15, -0.1) is 0 Å². The molecule has 0 spiro atoms. The largest absolute Gasteiger partial charge is 0.508 e. The zero-order valence-electron chi connectivity index (χ0n) is 23.7. The molecule has 2 amide bonds. The normalized spacial score (nSPS) is 14.8. The molecule has 2 N–H and O–H groups in total. The van der Waals surface area contributed by atoms with Crippen LogP contribution in [0.1, 0.15) is 31.9 Å². The summed E-state index contributed by atoms with van der Waals surface area (Å²) in [6, 6.07) is 13.8. The standard InChI is InChI=1S/C30H36N4O6S/c1-21-8-5-6-10-26(21)33-14-16-34(17-15-33)28(36)25(32-29(37)40-30(2,3)4)18-22-11-12-23(35)19-27(22)41(38,39)24-9-7-13-31-20-24/h5-13,19-20,25,35H,14-18H2,1-4H3,(H,32,37). The van der Waals surface area contributed by atoms with Crippen molar-refractivity contribution in [2.45, 2.75) is 55.5 Å². The van der Waals surface area contributed by atoms with Crippen LogP contribution in [0.5, 0.6) is 5.75 Å². The first-order valence-corrected chi connectivity index (χ1v) is 14.9. The lowest BCUT2D eigenvalue weighted by Crippen LogP contribution is -2.56. The molecule has 41 heavy (non-hydrogen) atoms. The molecule has 1 saturated heterocycles. The minimum absolute atomic E-state index is 0.0536. The third kappa shape index (κ3) is 7.35. The lowest BCUT2D eigenvalue weighted by Gasteiger charge is -2.38. The van der Waals surface area contributed by atoms with Crippen molar-refractivity contribution in [3.63, 3.8) is 0 Å². The van der Waals surface area contributed by atoms with Crippen LogP contribution >= 0.6 is 0 Å². The number of nitrogens with zero attached hydrogens (tertiary/aromatic N) is 3. The summed E-state index contributed by atoms with van der Waals surface area (Å²) in [5.74, 6) is -0.593. The molecule has 3 aromatic rings. The maximum Gasteiger partial charge on any atom is 0.408 e. The third-order valence-corrected chi connectivity index (χ3v) is 8.57. The molecule has 0 bridgehead atoms. The lowest BCUT2D eigenvalue weighted by molar-refractivity contribution is -0.133. The quantitative estimate of drug-likeness (QED) is 0.433. The fraction of sp³-hybridized carbons (Fsp3) is 0.367. The van der Waals surface area contributed by atoms with E-state index in [0.29, 0.717) is 26.2 Å². The molecule has 2 aromatic carbocycles. The van der Waals surface area contributed by atoms with Crippen LogP contribution in [-0.4, -0.2) is 73.2 Å². The number of alkyl carbamates (subject to hydrolysis) is 1. The highest BCUT2D eigenvalue weighted by atomic mass is 32.2. The summed E-state index contributed by atoms with van der Waals surface area (Å²) >= 11 is 0. The molecule has 0 saturated carbocycles. The van der Waals surface area contributed by atoms with Gasteiger partial charge in [0.1, 0.15) is 17.4 Å². The Balaban J connectivity index is 1.61. The number of ether oxygens (including phenoxy) is 1. The number of amides is 2. The Morgan fingerprint density at radius 1 is 1.05 bits per heavy atom. The van der Waals surface area contributed by atoms with Gasteiger partial charge in [-0.25, -0.2) is 13.2 Å². The van der Waals surface area contributed by atoms with Gasteiger partial charge in [0.2, 0.25) is 15.7 Å². The molecular weight excluding hydrogens is 544 g/mol. The second-order valence-corrected chi connectivity index (χ2v) is 12.9. The molecule has 4 rings (SSSR count). The SMILES string of the molecule is Cc1ccccc1N1CCN(C(=O)C(Cc2ccc(O)cc2S(=O)(=O)c2cccnc2)NC(=O)OC(C)(C)C)CC1. The minimum atomic E-state index is -4.09. The molecule has 1 aliphatic heterocycles. The minimum Gasteiger partial charge on any atom is -0.508 e. The van der Waals surface area contributed by atoms with Crippen molar-refractivity contribution >= 4 is 27.5 Å². The van der Waals surface area contributed by atoms with E-state index < -0.39 is 27.6 Å². The zero-order valence-corrected chi connectivity index (χ0v) is 24.5. The van der Waals surface area contributed by atoms with Crippen LogP contribution in [0.15, 0.2) is 76.8 Å². The molecule has 1 aromatic heterocycles. The lowest BCUT2D eigenvalue weighted by atomic mass is 10.0. The molecular formula is C30H36N4O6S. The van der Waals surface area contributed by atoms with Crippen molar-refractivity contribution in [2.75, 3.05) is 31.1 Å². The Labute approximate surface area is 240 Å². The number of anilines is 1. The van der Waals surface area contributed by atoms with Gasteiger partial charge < -0.3 is 25.0 Å². The van der Waals surface area contributed by atoms with E-state index in [1.165, 1.54) is 36.7 Å². The van der Waals surface area contributed by atoms with Crippen LogP contribution < -0.4 is 10.2 Å². The predicted octanol–water partition coefficient (Wildman–Crippen LogP) is 3.71. The number of para-hydroxylation sites is 1. The van der Waals surface area contributed by atoms with Crippen molar-refractivity contribution < 1.29 is 27.9 Å². The monoisotopic (exact) mass is 580 g/mol. The van der Waals surface area contributed by atoms with E-state index in [-0.39, 0.29) is 33.4 Å².